The minimum atomic E-state index is 0.0965. The number of carbonyl (C=O) groups is 1. The van der Waals surface area contributed by atoms with Crippen molar-refractivity contribution in [2.45, 2.75) is 32.1 Å². The van der Waals surface area contributed by atoms with Gasteiger partial charge in [0.15, 0.2) is 0 Å². The smallest absolute Gasteiger partial charge is 0.228 e. The summed E-state index contributed by atoms with van der Waals surface area (Å²) in [6.07, 6.45) is 3.09. The normalized spacial score (nSPS) is 30.1. The molecule has 0 saturated carbocycles. The van der Waals surface area contributed by atoms with Gasteiger partial charge in [0.2, 0.25) is 5.91 Å². The number of nitrogens with zero attached hydrogens (tertiary/aromatic N) is 1. The van der Waals surface area contributed by atoms with E-state index in [1.54, 1.807) is 0 Å². The van der Waals surface area contributed by atoms with Gasteiger partial charge in [-0.05, 0) is 36.7 Å². The summed E-state index contributed by atoms with van der Waals surface area (Å²) < 4.78 is 5.46. The number of ether oxygens (including phenoxy) is 1. The molecule has 3 nitrogen and oxygen atoms in total. The Kier molecular flexibility index (Phi) is 4.59. The summed E-state index contributed by atoms with van der Waals surface area (Å²) in [5.41, 5.74) is 1.41. The second-order valence-corrected chi connectivity index (χ2v) is 6.48. The minimum Gasteiger partial charge on any atom is -0.381 e. The molecule has 0 N–H and O–H groups in total. The number of hydrogen-bond acceptors (Lipinski definition) is 2. The van der Waals surface area contributed by atoms with E-state index in [9.17, 15) is 4.79 Å². The molecule has 1 aromatic rings. The molecule has 0 aromatic heterocycles. The van der Waals surface area contributed by atoms with E-state index in [2.05, 4.69) is 42.2 Å². The van der Waals surface area contributed by atoms with Gasteiger partial charge in [-0.25, -0.2) is 0 Å². The Balaban J connectivity index is 1.61. The van der Waals surface area contributed by atoms with E-state index in [4.69, 9.17) is 4.74 Å². The van der Waals surface area contributed by atoms with Gasteiger partial charge in [0, 0.05) is 19.7 Å². The minimum absolute atomic E-state index is 0.0965. The SMILES string of the molecule is CC1CN(C(=O)C2CCCOC2)CCC1c1ccccc1. The summed E-state index contributed by atoms with van der Waals surface area (Å²) in [7, 11) is 0. The van der Waals surface area contributed by atoms with Crippen LogP contribution in [0.15, 0.2) is 30.3 Å². The van der Waals surface area contributed by atoms with Crippen LogP contribution in [0.5, 0.6) is 0 Å². The van der Waals surface area contributed by atoms with Crippen LogP contribution in [-0.4, -0.2) is 37.1 Å². The molecule has 2 fully saturated rings. The van der Waals surface area contributed by atoms with Gasteiger partial charge in [-0.3, -0.25) is 4.79 Å². The predicted octanol–water partition coefficient (Wildman–Crippen LogP) is 3.07. The van der Waals surface area contributed by atoms with Gasteiger partial charge in [-0.15, -0.1) is 0 Å². The van der Waals surface area contributed by atoms with Crippen molar-refractivity contribution in [2.24, 2.45) is 11.8 Å². The van der Waals surface area contributed by atoms with Crippen LogP contribution in [0.3, 0.4) is 0 Å². The molecule has 2 aliphatic heterocycles. The summed E-state index contributed by atoms with van der Waals surface area (Å²) in [5, 5.41) is 0. The molecule has 2 saturated heterocycles. The quantitative estimate of drug-likeness (QED) is 0.836. The van der Waals surface area contributed by atoms with E-state index in [0.717, 1.165) is 39.0 Å². The van der Waals surface area contributed by atoms with Crippen molar-refractivity contribution in [3.8, 4) is 0 Å². The summed E-state index contributed by atoms with van der Waals surface area (Å²) >= 11 is 0. The maximum atomic E-state index is 12.6. The Morgan fingerprint density at radius 3 is 2.71 bits per heavy atom. The zero-order valence-electron chi connectivity index (χ0n) is 12.8. The highest BCUT2D eigenvalue weighted by molar-refractivity contribution is 5.79. The van der Waals surface area contributed by atoms with Gasteiger partial charge in [0.05, 0.1) is 12.5 Å². The number of carbonyl (C=O) groups excluding carboxylic acids is 1. The van der Waals surface area contributed by atoms with Gasteiger partial charge < -0.3 is 9.64 Å². The van der Waals surface area contributed by atoms with Crippen molar-refractivity contribution in [1.82, 2.24) is 4.90 Å². The fourth-order valence-electron chi connectivity index (χ4n) is 3.73. The van der Waals surface area contributed by atoms with Gasteiger partial charge >= 0.3 is 0 Å². The Bertz CT molecular complexity index is 467. The number of likely N-dealkylation sites (tertiary alicyclic amines) is 1. The van der Waals surface area contributed by atoms with Crippen molar-refractivity contribution >= 4 is 5.91 Å². The van der Waals surface area contributed by atoms with E-state index in [0.29, 0.717) is 24.3 Å². The zero-order chi connectivity index (χ0) is 14.7. The second-order valence-electron chi connectivity index (χ2n) is 6.48. The first-order valence-electron chi connectivity index (χ1n) is 8.17. The van der Waals surface area contributed by atoms with Crippen molar-refractivity contribution in [1.29, 1.82) is 0 Å². The molecule has 1 amide bonds. The van der Waals surface area contributed by atoms with Crippen molar-refractivity contribution in [3.63, 3.8) is 0 Å². The van der Waals surface area contributed by atoms with Crippen LogP contribution in [0.4, 0.5) is 0 Å². The summed E-state index contributed by atoms with van der Waals surface area (Å²) in [6.45, 7) is 5.48. The number of piperidine rings is 1. The van der Waals surface area contributed by atoms with E-state index < -0.39 is 0 Å². The van der Waals surface area contributed by atoms with Gasteiger partial charge in [-0.2, -0.15) is 0 Å². The van der Waals surface area contributed by atoms with E-state index >= 15 is 0 Å². The third-order valence-corrected chi connectivity index (χ3v) is 4.95. The van der Waals surface area contributed by atoms with Crippen LogP contribution in [-0.2, 0) is 9.53 Å². The van der Waals surface area contributed by atoms with Crippen LogP contribution >= 0.6 is 0 Å². The van der Waals surface area contributed by atoms with Crippen LogP contribution in [0.2, 0.25) is 0 Å². The molecule has 3 rings (SSSR count). The molecule has 114 valence electrons. The Labute approximate surface area is 127 Å². The first-order valence-corrected chi connectivity index (χ1v) is 8.17. The summed E-state index contributed by atoms with van der Waals surface area (Å²) in [4.78, 5) is 14.7. The molecule has 0 radical (unpaired) electrons. The third kappa shape index (κ3) is 3.29. The second kappa shape index (κ2) is 6.61. The average Bonchev–Trinajstić information content (AvgIpc) is 2.55. The molecular formula is C18H25NO2. The summed E-state index contributed by atoms with van der Waals surface area (Å²) in [5.74, 6) is 1.51. The van der Waals surface area contributed by atoms with E-state index in [1.165, 1.54) is 5.56 Å². The van der Waals surface area contributed by atoms with Crippen LogP contribution < -0.4 is 0 Å². The molecule has 3 unspecified atom stereocenters. The van der Waals surface area contributed by atoms with E-state index in [1.807, 2.05) is 0 Å². The van der Waals surface area contributed by atoms with E-state index in [-0.39, 0.29) is 5.92 Å². The van der Waals surface area contributed by atoms with Crippen LogP contribution in [0.1, 0.15) is 37.7 Å². The fraction of sp³-hybridized carbons (Fsp3) is 0.611. The number of amides is 1. The Morgan fingerprint density at radius 1 is 1.24 bits per heavy atom. The lowest BCUT2D eigenvalue weighted by molar-refractivity contribution is -0.141. The van der Waals surface area contributed by atoms with Gasteiger partial charge in [0.25, 0.3) is 0 Å². The molecule has 0 aliphatic carbocycles. The standard InChI is InChI=1S/C18H25NO2/c1-14-12-19(18(20)16-8-5-11-21-13-16)10-9-17(14)15-6-3-2-4-7-15/h2-4,6-7,14,16-17H,5,8-13H2,1H3. The predicted molar refractivity (Wildman–Crippen MR) is 83.1 cm³/mol. The van der Waals surface area contributed by atoms with Crippen LogP contribution in [0, 0.1) is 11.8 Å². The lowest BCUT2D eigenvalue weighted by Gasteiger charge is -2.39. The summed E-state index contributed by atoms with van der Waals surface area (Å²) in [6, 6.07) is 10.7. The first-order chi connectivity index (χ1) is 10.3. The lowest BCUT2D eigenvalue weighted by Crippen LogP contribution is -2.46. The molecule has 3 heteroatoms. The highest BCUT2D eigenvalue weighted by atomic mass is 16.5. The number of rotatable bonds is 2. The molecule has 2 heterocycles. The largest absolute Gasteiger partial charge is 0.381 e. The number of benzene rings is 1. The molecular weight excluding hydrogens is 262 g/mol. The highest BCUT2D eigenvalue weighted by Gasteiger charge is 2.33. The molecule has 2 aliphatic rings. The van der Waals surface area contributed by atoms with Crippen LogP contribution in [0.25, 0.3) is 0 Å². The first kappa shape index (κ1) is 14.6. The van der Waals surface area contributed by atoms with Crippen molar-refractivity contribution < 1.29 is 9.53 Å². The highest BCUT2D eigenvalue weighted by Crippen LogP contribution is 2.33. The Morgan fingerprint density at radius 2 is 2.05 bits per heavy atom. The lowest BCUT2D eigenvalue weighted by atomic mass is 9.81. The molecule has 1 aromatic carbocycles. The average molecular weight is 287 g/mol. The van der Waals surface area contributed by atoms with Crippen molar-refractivity contribution in [3.05, 3.63) is 35.9 Å². The maximum Gasteiger partial charge on any atom is 0.228 e. The maximum absolute atomic E-state index is 12.6. The molecule has 0 bridgehead atoms. The molecule has 21 heavy (non-hydrogen) atoms. The zero-order valence-corrected chi connectivity index (χ0v) is 12.8. The monoisotopic (exact) mass is 287 g/mol. The number of hydrogen-bond donors (Lipinski definition) is 0. The third-order valence-electron chi connectivity index (χ3n) is 4.95. The Hall–Kier alpha value is -1.35. The molecule has 3 atom stereocenters. The van der Waals surface area contributed by atoms with Gasteiger partial charge in [-0.1, -0.05) is 37.3 Å². The van der Waals surface area contributed by atoms with Crippen molar-refractivity contribution in [2.75, 3.05) is 26.3 Å². The topological polar surface area (TPSA) is 29.5 Å². The molecule has 0 spiro atoms. The fourth-order valence-corrected chi connectivity index (χ4v) is 3.73. The van der Waals surface area contributed by atoms with Gasteiger partial charge in [0.1, 0.15) is 0 Å².